The molecular weight excluding hydrogens is 422 g/mol. The molecule has 0 aliphatic rings. The van der Waals surface area contributed by atoms with E-state index in [0.29, 0.717) is 18.0 Å². The normalized spacial score (nSPS) is 11.3. The zero-order valence-electron chi connectivity index (χ0n) is 16.0. The molecule has 0 saturated carbocycles. The fraction of sp³-hybridized carbons (Fsp3) is 0.238. The predicted molar refractivity (Wildman–Crippen MR) is 113 cm³/mol. The molecule has 6 nitrogen and oxygen atoms in total. The first kappa shape index (κ1) is 19.9. The van der Waals surface area contributed by atoms with Crippen LogP contribution in [0.5, 0.6) is 11.5 Å². The van der Waals surface area contributed by atoms with Crippen LogP contribution in [-0.4, -0.2) is 28.5 Å². The lowest BCUT2D eigenvalue weighted by molar-refractivity contribution is -0.116. The van der Waals surface area contributed by atoms with E-state index >= 15 is 0 Å². The zero-order chi connectivity index (χ0) is 20.1. The number of nitrogens with one attached hydrogen (secondary N) is 1. The maximum atomic E-state index is 12.1. The summed E-state index contributed by atoms with van der Waals surface area (Å²) in [4.78, 5) is 16.6. The van der Waals surface area contributed by atoms with Crippen LogP contribution in [0.1, 0.15) is 25.1 Å². The lowest BCUT2D eigenvalue weighted by Crippen LogP contribution is -2.20. The Labute approximate surface area is 172 Å². The smallest absolute Gasteiger partial charge is 0.244 e. The van der Waals surface area contributed by atoms with E-state index in [1.807, 2.05) is 61.0 Å². The van der Waals surface area contributed by atoms with E-state index < -0.39 is 0 Å². The first-order chi connectivity index (χ1) is 13.4. The number of halogens is 1. The van der Waals surface area contributed by atoms with Crippen molar-refractivity contribution in [1.29, 1.82) is 0 Å². The number of amides is 1. The average Bonchev–Trinajstić information content (AvgIpc) is 3.07. The van der Waals surface area contributed by atoms with Crippen LogP contribution in [0.15, 0.2) is 53.3 Å². The summed E-state index contributed by atoms with van der Waals surface area (Å²) in [6.45, 7) is 4.27. The Bertz CT molecular complexity index is 1010. The first-order valence-electron chi connectivity index (χ1n) is 8.88. The van der Waals surface area contributed by atoms with Gasteiger partial charge in [-0.05, 0) is 65.7 Å². The van der Waals surface area contributed by atoms with Crippen LogP contribution in [0, 0.1) is 0 Å². The summed E-state index contributed by atoms with van der Waals surface area (Å²) in [7, 11) is 1.59. The summed E-state index contributed by atoms with van der Waals surface area (Å²) in [5, 5.41) is 2.84. The molecule has 0 aliphatic heterocycles. The zero-order valence-corrected chi connectivity index (χ0v) is 17.6. The molecule has 28 heavy (non-hydrogen) atoms. The molecule has 1 aromatic carbocycles. The largest absolute Gasteiger partial charge is 0.493 e. The number of carbonyl (C=O) groups excluding carboxylic acids is 1. The van der Waals surface area contributed by atoms with E-state index in [0.717, 1.165) is 21.4 Å². The number of imidazole rings is 1. The van der Waals surface area contributed by atoms with Crippen LogP contribution in [0.3, 0.4) is 0 Å². The highest BCUT2D eigenvalue weighted by Gasteiger charge is 2.07. The van der Waals surface area contributed by atoms with E-state index in [9.17, 15) is 4.79 Å². The number of aromatic nitrogens is 2. The van der Waals surface area contributed by atoms with Crippen molar-refractivity contribution in [3.8, 4) is 11.5 Å². The molecule has 0 bridgehead atoms. The van der Waals surface area contributed by atoms with Crippen molar-refractivity contribution in [2.24, 2.45) is 0 Å². The quantitative estimate of drug-likeness (QED) is 0.555. The molecule has 0 atom stereocenters. The van der Waals surface area contributed by atoms with Gasteiger partial charge in [-0.2, -0.15) is 0 Å². The van der Waals surface area contributed by atoms with Gasteiger partial charge < -0.3 is 19.2 Å². The van der Waals surface area contributed by atoms with Crippen molar-refractivity contribution < 1.29 is 14.3 Å². The maximum Gasteiger partial charge on any atom is 0.244 e. The van der Waals surface area contributed by atoms with Crippen molar-refractivity contribution in [3.05, 3.63) is 64.5 Å². The Kier molecular flexibility index (Phi) is 6.36. The summed E-state index contributed by atoms with van der Waals surface area (Å²) in [5.41, 5.74) is 2.47. The van der Waals surface area contributed by atoms with Crippen LogP contribution in [0.4, 0.5) is 0 Å². The molecule has 0 aliphatic carbocycles. The van der Waals surface area contributed by atoms with Crippen LogP contribution in [0.2, 0.25) is 0 Å². The summed E-state index contributed by atoms with van der Waals surface area (Å²) in [6.07, 6.45) is 7.10. The molecule has 0 fully saturated rings. The van der Waals surface area contributed by atoms with Gasteiger partial charge in [0.05, 0.1) is 25.5 Å². The number of nitrogens with zero attached hydrogens (tertiary/aromatic N) is 2. The minimum Gasteiger partial charge on any atom is -0.493 e. The monoisotopic (exact) mass is 443 g/mol. The van der Waals surface area contributed by atoms with Crippen LogP contribution < -0.4 is 14.8 Å². The predicted octanol–water partition coefficient (Wildman–Crippen LogP) is 4.22. The molecule has 0 spiro atoms. The highest BCUT2D eigenvalue weighted by molar-refractivity contribution is 9.10. The number of carbonyl (C=O) groups is 1. The van der Waals surface area contributed by atoms with E-state index in [1.54, 1.807) is 13.2 Å². The van der Waals surface area contributed by atoms with Gasteiger partial charge in [0.2, 0.25) is 5.91 Å². The van der Waals surface area contributed by atoms with E-state index in [4.69, 9.17) is 9.47 Å². The number of hydrogen-bond donors (Lipinski definition) is 1. The highest BCUT2D eigenvalue weighted by atomic mass is 79.9. The molecule has 1 amide bonds. The van der Waals surface area contributed by atoms with Gasteiger partial charge in [0, 0.05) is 22.9 Å². The Morgan fingerprint density at radius 1 is 1.25 bits per heavy atom. The number of methoxy groups -OCH3 is 1. The van der Waals surface area contributed by atoms with Gasteiger partial charge in [-0.3, -0.25) is 4.79 Å². The highest BCUT2D eigenvalue weighted by Crippen LogP contribution is 2.29. The average molecular weight is 444 g/mol. The Morgan fingerprint density at radius 2 is 2.07 bits per heavy atom. The Morgan fingerprint density at radius 3 is 2.82 bits per heavy atom. The van der Waals surface area contributed by atoms with E-state index in [2.05, 4.69) is 26.2 Å². The number of ether oxygens (including phenoxy) is 2. The van der Waals surface area contributed by atoms with Crippen molar-refractivity contribution in [3.63, 3.8) is 0 Å². The molecule has 7 heteroatoms. The lowest BCUT2D eigenvalue weighted by Gasteiger charge is -2.13. The van der Waals surface area contributed by atoms with Gasteiger partial charge in [0.1, 0.15) is 5.65 Å². The molecule has 0 unspecified atom stereocenters. The van der Waals surface area contributed by atoms with Crippen molar-refractivity contribution in [2.45, 2.75) is 26.5 Å². The number of rotatable bonds is 7. The van der Waals surface area contributed by atoms with Gasteiger partial charge in [0.25, 0.3) is 0 Å². The third-order valence-electron chi connectivity index (χ3n) is 3.89. The van der Waals surface area contributed by atoms with E-state index in [1.165, 1.54) is 6.08 Å². The minimum absolute atomic E-state index is 0.0572. The number of pyridine rings is 1. The molecule has 2 heterocycles. The summed E-state index contributed by atoms with van der Waals surface area (Å²) >= 11 is 3.43. The molecule has 1 N–H and O–H groups in total. The number of hydrogen-bond acceptors (Lipinski definition) is 4. The van der Waals surface area contributed by atoms with Gasteiger partial charge in [0.15, 0.2) is 11.5 Å². The summed E-state index contributed by atoms with van der Waals surface area (Å²) in [6, 6.07) is 9.39. The molecule has 3 aromatic rings. The summed E-state index contributed by atoms with van der Waals surface area (Å²) < 4.78 is 13.9. The Hall–Kier alpha value is -2.80. The Balaban J connectivity index is 1.61. The van der Waals surface area contributed by atoms with Crippen LogP contribution in [-0.2, 0) is 11.3 Å². The number of fused-ring (bicyclic) bond motifs is 1. The maximum absolute atomic E-state index is 12.1. The lowest BCUT2D eigenvalue weighted by atomic mass is 10.2. The van der Waals surface area contributed by atoms with Crippen LogP contribution >= 0.6 is 15.9 Å². The van der Waals surface area contributed by atoms with E-state index in [-0.39, 0.29) is 12.0 Å². The third kappa shape index (κ3) is 5.13. The van der Waals surface area contributed by atoms with Crippen molar-refractivity contribution in [2.75, 3.05) is 7.11 Å². The second-order valence-corrected chi connectivity index (χ2v) is 7.39. The fourth-order valence-electron chi connectivity index (χ4n) is 2.65. The summed E-state index contributed by atoms with van der Waals surface area (Å²) in [5.74, 6) is 1.12. The molecule has 146 valence electrons. The molecular formula is C21H22BrN3O3. The second-order valence-electron chi connectivity index (χ2n) is 6.47. The molecule has 0 saturated heterocycles. The number of benzene rings is 1. The molecule has 0 radical (unpaired) electrons. The topological polar surface area (TPSA) is 64.9 Å². The van der Waals surface area contributed by atoms with Crippen molar-refractivity contribution >= 4 is 33.6 Å². The first-order valence-corrected chi connectivity index (χ1v) is 9.67. The molecule has 2 aromatic heterocycles. The minimum atomic E-state index is -0.195. The van der Waals surface area contributed by atoms with Crippen LogP contribution in [0.25, 0.3) is 11.7 Å². The fourth-order valence-corrected chi connectivity index (χ4v) is 3.00. The SMILES string of the molecule is COc1cc(/C=C/C(=O)NCc2cn3cc(Br)ccc3n2)ccc1OC(C)C. The second kappa shape index (κ2) is 8.93. The third-order valence-corrected chi connectivity index (χ3v) is 4.36. The van der Waals surface area contributed by atoms with Gasteiger partial charge in [-0.25, -0.2) is 4.98 Å². The van der Waals surface area contributed by atoms with Gasteiger partial charge >= 0.3 is 0 Å². The van der Waals surface area contributed by atoms with Gasteiger partial charge in [-0.1, -0.05) is 6.07 Å². The molecule has 3 rings (SSSR count). The standard InChI is InChI=1S/C21H22BrN3O3/c1-14(2)28-18-7-4-15(10-19(18)27-3)5-9-21(26)23-11-17-13-25-12-16(22)6-8-20(25)24-17/h4-10,12-14H,11H2,1-3H3,(H,23,26)/b9-5+. The van der Waals surface area contributed by atoms with Crippen molar-refractivity contribution in [1.82, 2.24) is 14.7 Å². The van der Waals surface area contributed by atoms with Gasteiger partial charge in [-0.15, -0.1) is 0 Å².